The largest absolute Gasteiger partial charge is 0.454 e. The molecule has 0 spiro atoms. The van der Waals surface area contributed by atoms with E-state index in [-0.39, 0.29) is 61.7 Å². The van der Waals surface area contributed by atoms with Crippen LogP contribution in [-0.4, -0.2) is 115 Å². The Balaban J connectivity index is 0.753. The van der Waals surface area contributed by atoms with Gasteiger partial charge in [-0.1, -0.05) is 82.3 Å². The van der Waals surface area contributed by atoms with E-state index in [0.717, 1.165) is 109 Å². The van der Waals surface area contributed by atoms with E-state index in [2.05, 4.69) is 32.7 Å². The number of hydrogen-bond donors (Lipinski definition) is 4. The van der Waals surface area contributed by atoms with E-state index in [1.807, 2.05) is 87.3 Å². The number of H-pyrrole nitrogens is 2. The number of fused-ring (bicyclic) bond motifs is 3. The highest BCUT2D eigenvalue weighted by Gasteiger charge is 2.45. The Labute approximate surface area is 448 Å². The highest BCUT2D eigenvalue weighted by Crippen LogP contribution is 2.42. The van der Waals surface area contributed by atoms with Crippen LogP contribution in [0.15, 0.2) is 73.1 Å². The van der Waals surface area contributed by atoms with E-state index in [1.54, 1.807) is 16.0 Å². The molecule has 4 N–H and O–H groups in total. The van der Waals surface area contributed by atoms with Gasteiger partial charge in [0.2, 0.25) is 18.6 Å². The van der Waals surface area contributed by atoms with Gasteiger partial charge in [-0.25, -0.2) is 24.4 Å². The highest BCUT2D eigenvalue weighted by atomic mass is 16.7. The van der Waals surface area contributed by atoms with Gasteiger partial charge in [-0.15, -0.1) is 0 Å². The maximum Gasteiger partial charge on any atom is 0.410 e. The summed E-state index contributed by atoms with van der Waals surface area (Å²) in [6, 6.07) is 17.7. The summed E-state index contributed by atoms with van der Waals surface area (Å²) in [4.78, 5) is 90.1. The lowest BCUT2D eigenvalue weighted by Gasteiger charge is -2.30. The molecule has 2 saturated heterocycles. The monoisotopic (exact) mass is 1050 g/mol. The van der Waals surface area contributed by atoms with Crippen LogP contribution in [0.1, 0.15) is 133 Å². The van der Waals surface area contributed by atoms with Crippen molar-refractivity contribution in [3.05, 3.63) is 95.8 Å². The smallest absolute Gasteiger partial charge is 0.410 e. The topological polar surface area (TPSA) is 223 Å². The number of nitrogens with one attached hydrogen (secondary N) is 4. The zero-order valence-corrected chi connectivity index (χ0v) is 44.3. The molecule has 6 heterocycles. The number of likely N-dealkylation sites (tertiary alicyclic amines) is 2. The van der Waals surface area contributed by atoms with Gasteiger partial charge in [0.05, 0.1) is 42.8 Å². The molecule has 0 radical (unpaired) electrons. The molecule has 0 bridgehead atoms. The number of hydrogen-bond acceptors (Lipinski definition) is 12. The van der Waals surface area contributed by atoms with Gasteiger partial charge in [-0.05, 0) is 104 Å². The summed E-state index contributed by atoms with van der Waals surface area (Å²) >= 11 is 0. The minimum absolute atomic E-state index is 0.0880. The molecule has 5 aromatic rings. The number of aromatic nitrogens is 4. The summed E-state index contributed by atoms with van der Waals surface area (Å²) in [7, 11) is 0. The number of alkyl carbamates (subject to hydrolysis) is 2. The third-order valence-corrected chi connectivity index (χ3v) is 16.2. The molecule has 5 atom stereocenters. The molecule has 2 saturated carbocycles. The molecule has 11 rings (SSSR count). The third-order valence-electron chi connectivity index (χ3n) is 16.2. The van der Waals surface area contributed by atoms with E-state index < -0.39 is 42.5 Å². The fourth-order valence-electron chi connectivity index (χ4n) is 11.9. The van der Waals surface area contributed by atoms with Gasteiger partial charge in [0, 0.05) is 36.8 Å². The van der Waals surface area contributed by atoms with Crippen molar-refractivity contribution in [3.8, 4) is 45.1 Å². The number of imidazole rings is 2. The fraction of sp³-hybridized carbons (Fsp3) is 0.500. The number of rotatable bonds is 14. The van der Waals surface area contributed by atoms with E-state index in [4.69, 9.17) is 33.7 Å². The van der Waals surface area contributed by atoms with E-state index in [1.165, 1.54) is 0 Å². The number of carbonyl (C=O) groups is 5. The molecule has 5 amide bonds. The Bertz CT molecular complexity index is 2960. The molecule has 406 valence electrons. The van der Waals surface area contributed by atoms with Crippen LogP contribution in [0.4, 0.5) is 14.4 Å². The molecule has 19 nitrogen and oxygen atoms in total. The van der Waals surface area contributed by atoms with Crippen molar-refractivity contribution in [2.24, 2.45) is 11.8 Å². The quantitative estimate of drug-likeness (QED) is 0.0764. The number of carbonyl (C=O) groups excluding carboxylic acids is 5. The van der Waals surface area contributed by atoms with Crippen molar-refractivity contribution in [3.63, 3.8) is 0 Å². The Hall–Kier alpha value is -7.57. The van der Waals surface area contributed by atoms with Crippen LogP contribution in [0, 0.1) is 11.8 Å². The molecule has 19 heteroatoms. The normalized spacial score (nSPS) is 21.0. The number of ether oxygens (including phenoxy) is 5. The zero-order valence-electron chi connectivity index (χ0n) is 44.3. The first-order valence-corrected chi connectivity index (χ1v) is 27.6. The van der Waals surface area contributed by atoms with Gasteiger partial charge < -0.3 is 54.1 Å². The number of nitrogens with zero attached hydrogens (tertiary/aromatic N) is 5. The first-order chi connectivity index (χ1) is 37.3. The minimum atomic E-state index is -0.891. The lowest BCUT2D eigenvalue weighted by Crippen LogP contribution is -2.52. The molecular weight excluding hydrogens is 983 g/mol. The Morgan fingerprint density at radius 1 is 0.649 bits per heavy atom. The van der Waals surface area contributed by atoms with Crippen LogP contribution in [0.2, 0.25) is 0 Å². The molecule has 4 fully saturated rings. The van der Waals surface area contributed by atoms with Gasteiger partial charge in [-0.3, -0.25) is 14.5 Å². The fourth-order valence-corrected chi connectivity index (χ4v) is 11.9. The van der Waals surface area contributed by atoms with E-state index >= 15 is 0 Å². The van der Waals surface area contributed by atoms with Crippen LogP contribution in [-0.2, 0) is 36.9 Å². The summed E-state index contributed by atoms with van der Waals surface area (Å²) in [6.07, 6.45) is 10.4. The third kappa shape index (κ3) is 11.0. The maximum atomic E-state index is 14.6. The predicted octanol–water partition coefficient (Wildman–Crippen LogP) is 9.71. The molecule has 3 aromatic carbocycles. The second-order valence-corrected chi connectivity index (χ2v) is 22.1. The van der Waals surface area contributed by atoms with Gasteiger partial charge in [0.25, 0.3) is 0 Å². The Kier molecular flexibility index (Phi) is 14.8. The zero-order chi connectivity index (χ0) is 53.3. The summed E-state index contributed by atoms with van der Waals surface area (Å²) in [5, 5.41) is 5.74. The first-order valence-electron chi connectivity index (χ1n) is 27.6. The van der Waals surface area contributed by atoms with Crippen LogP contribution < -0.4 is 20.1 Å². The summed E-state index contributed by atoms with van der Waals surface area (Å²) in [5.41, 5.74) is 7.21. The lowest BCUT2D eigenvalue weighted by atomic mass is 10.0. The Morgan fingerprint density at radius 3 is 1.90 bits per heavy atom. The van der Waals surface area contributed by atoms with Crippen molar-refractivity contribution in [2.45, 2.75) is 154 Å². The molecule has 77 heavy (non-hydrogen) atoms. The molecule has 2 unspecified atom stereocenters. The van der Waals surface area contributed by atoms with Gasteiger partial charge in [-0.2, -0.15) is 0 Å². The molecule has 2 aromatic heterocycles. The van der Waals surface area contributed by atoms with E-state index in [9.17, 15) is 24.0 Å². The standard InChI is InChI=1S/C58H69N9O10/c1-33(2)49(63-56(70)75-40-10-5-6-11-40)54(68)66-25-9-14-46(66)52-59-27-44(61-52)37-19-15-35(16-20-37)36-17-21-38(22-18-36)45-28-60-53(62-45)47-26-42(77-58(72)65-29-39-23-24-48-51(43(39)31-65)74-32-73-48)30-67(47)55(69)50(34(3)4)64-57(71)76-41-12-7-8-13-41/h15-24,27-28,33-34,40-42,46-47,49-50H,5-14,25-26,29-32H2,1-4H3,(H,59,61)(H,60,62)(H,63,70)(H,64,71)/t42-,46+,47+,49?,50?/m1/s1. The summed E-state index contributed by atoms with van der Waals surface area (Å²) in [5.74, 6) is 1.73. The summed E-state index contributed by atoms with van der Waals surface area (Å²) < 4.78 is 28.8. The predicted molar refractivity (Wildman–Crippen MR) is 283 cm³/mol. The lowest BCUT2D eigenvalue weighted by molar-refractivity contribution is -0.136. The molecule has 6 aliphatic rings. The summed E-state index contributed by atoms with van der Waals surface area (Å²) in [6.45, 7) is 9.12. The van der Waals surface area contributed by atoms with Crippen LogP contribution in [0.25, 0.3) is 33.6 Å². The van der Waals surface area contributed by atoms with Crippen molar-refractivity contribution >= 4 is 30.1 Å². The SMILES string of the molecule is CC(C)C(NC(=O)OC1CCCC1)C(=O)N1CCC[C@H]1c1nc(-c2ccc(-c3ccc(-c4cnc([C@@H]5C[C@@H](OC(=O)N6Cc7ccc8c(c7C6)OCO8)CN5C(=O)C(NC(=O)OC5CCCC5)C(C)C)[nH]4)cc3)cc2)c[nH]1. The second kappa shape index (κ2) is 22.2. The van der Waals surface area contributed by atoms with Gasteiger partial charge >= 0.3 is 18.3 Å². The average molecular weight is 1050 g/mol. The maximum absolute atomic E-state index is 14.6. The number of amides is 5. The highest BCUT2D eigenvalue weighted by molar-refractivity contribution is 5.87. The second-order valence-electron chi connectivity index (χ2n) is 22.1. The van der Waals surface area contributed by atoms with Crippen LogP contribution >= 0.6 is 0 Å². The van der Waals surface area contributed by atoms with Crippen LogP contribution in [0.5, 0.6) is 11.5 Å². The van der Waals surface area contributed by atoms with Gasteiger partial charge in [0.1, 0.15) is 42.0 Å². The van der Waals surface area contributed by atoms with E-state index in [0.29, 0.717) is 42.8 Å². The number of benzene rings is 3. The average Bonchev–Trinajstić information content (AvgIpc) is 4.31. The van der Waals surface area contributed by atoms with Crippen LogP contribution in [0.3, 0.4) is 0 Å². The molecule has 2 aliphatic carbocycles. The first kappa shape index (κ1) is 51.5. The molecular formula is C58H69N9O10. The van der Waals surface area contributed by atoms with Crippen molar-refractivity contribution in [1.82, 2.24) is 45.3 Å². The van der Waals surface area contributed by atoms with Crippen molar-refractivity contribution in [2.75, 3.05) is 19.9 Å². The Morgan fingerprint density at radius 2 is 1.26 bits per heavy atom. The van der Waals surface area contributed by atoms with Crippen molar-refractivity contribution in [1.29, 1.82) is 0 Å². The van der Waals surface area contributed by atoms with Gasteiger partial charge in [0.15, 0.2) is 11.5 Å². The number of aromatic amines is 2. The molecule has 4 aliphatic heterocycles. The van der Waals surface area contributed by atoms with Crippen molar-refractivity contribution < 1.29 is 47.7 Å². The minimum Gasteiger partial charge on any atom is -0.454 e.